The molecule has 0 saturated heterocycles. The number of hydrogen-bond donors (Lipinski definition) is 1. The van der Waals surface area contributed by atoms with Gasteiger partial charge in [0.2, 0.25) is 0 Å². The Bertz CT molecular complexity index is 841. The zero-order valence-corrected chi connectivity index (χ0v) is 21.0. The van der Waals surface area contributed by atoms with Gasteiger partial charge < -0.3 is 29.2 Å². The molecule has 34 heavy (non-hydrogen) atoms. The van der Waals surface area contributed by atoms with Crippen LogP contribution in [0.1, 0.15) is 51.5 Å². The molecule has 0 unspecified atom stereocenters. The third-order valence-electron chi connectivity index (χ3n) is 5.48. The van der Waals surface area contributed by atoms with Gasteiger partial charge in [-0.15, -0.1) is 0 Å². The van der Waals surface area contributed by atoms with Gasteiger partial charge in [0.05, 0.1) is 18.8 Å². The fourth-order valence-corrected chi connectivity index (χ4v) is 3.58. The number of nitrogens with one attached hydrogen (secondary N) is 1. The summed E-state index contributed by atoms with van der Waals surface area (Å²) >= 11 is 0. The van der Waals surface area contributed by atoms with Crippen molar-refractivity contribution in [1.82, 2.24) is 4.90 Å². The van der Waals surface area contributed by atoms with Crippen LogP contribution in [0.5, 0.6) is 11.5 Å². The predicted molar refractivity (Wildman–Crippen MR) is 136 cm³/mol. The summed E-state index contributed by atoms with van der Waals surface area (Å²) in [5.74, 6) is 1.37. The number of carbonyl (C=O) groups is 1. The molecule has 0 aromatic heterocycles. The summed E-state index contributed by atoms with van der Waals surface area (Å²) in [6.07, 6.45) is 5.15. The lowest BCUT2D eigenvalue weighted by atomic mass is 10.1. The average Bonchev–Trinajstić information content (AvgIpc) is 2.86. The maximum absolute atomic E-state index is 13.3. The van der Waals surface area contributed by atoms with E-state index in [1.165, 1.54) is 19.3 Å². The van der Waals surface area contributed by atoms with Crippen LogP contribution in [0.25, 0.3) is 0 Å². The first-order valence-corrected chi connectivity index (χ1v) is 12.2. The molecule has 2 aromatic carbocycles. The molecule has 7 nitrogen and oxygen atoms in total. The minimum absolute atomic E-state index is 0.163. The number of unbranched alkanes of at least 4 members (excludes halogenated alkanes) is 4. The van der Waals surface area contributed by atoms with Crippen LogP contribution < -0.4 is 14.8 Å². The lowest BCUT2D eigenvalue weighted by Crippen LogP contribution is -2.35. The number of para-hydroxylation sites is 3. The van der Waals surface area contributed by atoms with Gasteiger partial charge in [0.1, 0.15) is 18.1 Å². The molecule has 0 aliphatic rings. The number of amides is 2. The molecule has 2 amide bonds. The lowest BCUT2D eigenvalue weighted by Gasteiger charge is -2.25. The molecule has 0 bridgehead atoms. The number of nitrogens with zero attached hydrogens (tertiary/aromatic N) is 1. The van der Waals surface area contributed by atoms with Crippen LogP contribution in [0.15, 0.2) is 48.5 Å². The maximum atomic E-state index is 13.3. The van der Waals surface area contributed by atoms with Crippen molar-refractivity contribution in [3.05, 3.63) is 54.1 Å². The minimum Gasteiger partial charge on any atom is -0.492 e. The topological polar surface area (TPSA) is 69.3 Å². The summed E-state index contributed by atoms with van der Waals surface area (Å²) in [5.41, 5.74) is 1.59. The molecule has 0 atom stereocenters. The Labute approximate surface area is 204 Å². The quantitative estimate of drug-likeness (QED) is 0.237. The van der Waals surface area contributed by atoms with E-state index in [0.717, 1.165) is 18.4 Å². The third kappa shape index (κ3) is 9.23. The van der Waals surface area contributed by atoms with E-state index in [1.54, 1.807) is 14.2 Å². The molecule has 188 valence electrons. The highest BCUT2D eigenvalue weighted by molar-refractivity contribution is 5.91. The number of anilines is 1. The predicted octanol–water partition coefficient (Wildman–Crippen LogP) is 6.09. The van der Waals surface area contributed by atoms with E-state index in [0.29, 0.717) is 36.9 Å². The van der Waals surface area contributed by atoms with E-state index in [1.807, 2.05) is 60.4 Å². The molecule has 0 spiro atoms. The molecule has 7 heteroatoms. The summed E-state index contributed by atoms with van der Waals surface area (Å²) < 4.78 is 22.1. The normalized spacial score (nSPS) is 10.9. The minimum atomic E-state index is -0.457. The Morgan fingerprint density at radius 3 is 2.26 bits per heavy atom. The van der Waals surface area contributed by atoms with E-state index in [9.17, 15) is 4.79 Å². The Morgan fingerprint density at radius 2 is 1.56 bits per heavy atom. The molecule has 0 saturated carbocycles. The van der Waals surface area contributed by atoms with Gasteiger partial charge in [-0.3, -0.25) is 0 Å². The van der Waals surface area contributed by atoms with Gasteiger partial charge in [0, 0.05) is 26.3 Å². The zero-order chi connectivity index (χ0) is 24.6. The Balaban J connectivity index is 2.15. The van der Waals surface area contributed by atoms with E-state index < -0.39 is 6.29 Å². The van der Waals surface area contributed by atoms with Crippen molar-refractivity contribution in [1.29, 1.82) is 0 Å². The lowest BCUT2D eigenvalue weighted by molar-refractivity contribution is -0.122. The van der Waals surface area contributed by atoms with Crippen molar-refractivity contribution in [2.75, 3.05) is 39.3 Å². The van der Waals surface area contributed by atoms with Gasteiger partial charge in [-0.25, -0.2) is 4.79 Å². The molecular weight excluding hydrogens is 432 g/mol. The molecule has 0 aliphatic carbocycles. The fraction of sp³-hybridized carbons (Fsp3) is 0.519. The second-order valence-corrected chi connectivity index (χ2v) is 8.01. The summed E-state index contributed by atoms with van der Waals surface area (Å²) in [7, 11) is 3.16. The van der Waals surface area contributed by atoms with Gasteiger partial charge in [0.15, 0.2) is 6.29 Å². The average molecular weight is 473 g/mol. The Hall–Kier alpha value is -2.77. The van der Waals surface area contributed by atoms with Gasteiger partial charge in [0.25, 0.3) is 0 Å². The fourth-order valence-electron chi connectivity index (χ4n) is 3.58. The molecule has 2 aromatic rings. The number of carbonyl (C=O) groups excluding carboxylic acids is 1. The summed E-state index contributed by atoms with van der Waals surface area (Å²) in [4.78, 5) is 15.2. The van der Waals surface area contributed by atoms with Crippen molar-refractivity contribution in [3.8, 4) is 11.5 Å². The van der Waals surface area contributed by atoms with Gasteiger partial charge in [-0.2, -0.15) is 0 Å². The first kappa shape index (κ1) is 27.5. The Morgan fingerprint density at radius 1 is 0.882 bits per heavy atom. The number of benzene rings is 2. The van der Waals surface area contributed by atoms with Crippen molar-refractivity contribution < 1.29 is 23.7 Å². The van der Waals surface area contributed by atoms with Crippen LogP contribution >= 0.6 is 0 Å². The van der Waals surface area contributed by atoms with Gasteiger partial charge in [-0.05, 0) is 31.5 Å². The van der Waals surface area contributed by atoms with E-state index in [2.05, 4.69) is 12.2 Å². The van der Waals surface area contributed by atoms with E-state index in [4.69, 9.17) is 18.9 Å². The third-order valence-corrected chi connectivity index (χ3v) is 5.48. The number of urea groups is 1. The SMILES string of the molecule is CCCCCCCN(Cc1ccccc1OCC(OC)OC)C(=O)Nc1ccccc1OCC. The van der Waals surface area contributed by atoms with Crippen LogP contribution in [-0.2, 0) is 16.0 Å². The number of methoxy groups -OCH3 is 2. The van der Waals surface area contributed by atoms with Crippen LogP contribution in [0.3, 0.4) is 0 Å². The van der Waals surface area contributed by atoms with Gasteiger partial charge >= 0.3 is 6.03 Å². The molecule has 0 radical (unpaired) electrons. The molecule has 0 aliphatic heterocycles. The molecule has 0 heterocycles. The second-order valence-electron chi connectivity index (χ2n) is 8.01. The highest BCUT2D eigenvalue weighted by Crippen LogP contribution is 2.25. The first-order chi connectivity index (χ1) is 16.6. The largest absolute Gasteiger partial charge is 0.492 e. The maximum Gasteiger partial charge on any atom is 0.322 e. The number of hydrogen-bond acceptors (Lipinski definition) is 5. The molecule has 1 N–H and O–H groups in total. The summed E-state index contributed by atoms with van der Waals surface area (Å²) in [6.45, 7) is 5.99. The molecule has 0 fully saturated rings. The van der Waals surface area contributed by atoms with E-state index >= 15 is 0 Å². The number of rotatable bonds is 16. The van der Waals surface area contributed by atoms with Crippen LogP contribution in [0, 0.1) is 0 Å². The standard InChI is InChI=1S/C27H40N2O5/c1-5-7-8-9-14-19-29(27(30)28-23-16-11-13-18-25(23)33-6-2)20-22-15-10-12-17-24(22)34-21-26(31-3)32-4/h10-13,15-18,26H,5-9,14,19-21H2,1-4H3,(H,28,30). The smallest absolute Gasteiger partial charge is 0.322 e. The second kappa shape index (κ2) is 16.0. The highest BCUT2D eigenvalue weighted by atomic mass is 16.7. The highest BCUT2D eigenvalue weighted by Gasteiger charge is 2.18. The van der Waals surface area contributed by atoms with Crippen molar-refractivity contribution >= 4 is 11.7 Å². The van der Waals surface area contributed by atoms with Crippen LogP contribution in [0.2, 0.25) is 0 Å². The van der Waals surface area contributed by atoms with Crippen molar-refractivity contribution in [2.45, 2.75) is 58.8 Å². The molecule has 2 rings (SSSR count). The van der Waals surface area contributed by atoms with Crippen LogP contribution in [-0.4, -0.2) is 51.2 Å². The summed E-state index contributed by atoms with van der Waals surface area (Å²) in [6, 6.07) is 15.1. The van der Waals surface area contributed by atoms with Gasteiger partial charge in [-0.1, -0.05) is 62.9 Å². The van der Waals surface area contributed by atoms with Crippen molar-refractivity contribution in [2.24, 2.45) is 0 Å². The Kier molecular flexibility index (Phi) is 12.9. The van der Waals surface area contributed by atoms with Crippen molar-refractivity contribution in [3.63, 3.8) is 0 Å². The van der Waals surface area contributed by atoms with E-state index in [-0.39, 0.29) is 12.6 Å². The zero-order valence-electron chi connectivity index (χ0n) is 21.0. The number of ether oxygens (including phenoxy) is 4. The molecular formula is C27H40N2O5. The summed E-state index contributed by atoms with van der Waals surface area (Å²) in [5, 5.41) is 3.04. The first-order valence-electron chi connectivity index (χ1n) is 12.2. The monoisotopic (exact) mass is 472 g/mol. The van der Waals surface area contributed by atoms with Crippen LogP contribution in [0.4, 0.5) is 10.5 Å².